The minimum atomic E-state index is -2.83. The summed E-state index contributed by atoms with van der Waals surface area (Å²) in [5, 5.41) is 18.9. The van der Waals surface area contributed by atoms with Crippen molar-refractivity contribution < 1.29 is 24.2 Å². The van der Waals surface area contributed by atoms with Crippen LogP contribution in [0.2, 0.25) is 18.6 Å². The van der Waals surface area contributed by atoms with Gasteiger partial charge in [-0.25, -0.2) is 0 Å². The Balaban J connectivity index is 1.13. The van der Waals surface area contributed by atoms with Crippen molar-refractivity contribution in [3.05, 3.63) is 107 Å². The first-order chi connectivity index (χ1) is 23.6. The third-order valence-corrected chi connectivity index (χ3v) is 13.2. The number of aliphatic hydroxyl groups is 1. The average Bonchev–Trinajstić information content (AvgIpc) is 3.76. The van der Waals surface area contributed by atoms with Gasteiger partial charge in [0.15, 0.2) is 13.9 Å². The summed E-state index contributed by atoms with van der Waals surface area (Å²) in [5.74, 6) is -0.501. The molecule has 4 aromatic rings. The van der Waals surface area contributed by atoms with E-state index in [9.17, 15) is 19.5 Å². The lowest BCUT2D eigenvalue weighted by Crippen LogP contribution is -2.46. The monoisotopic (exact) mass is 679 g/mol. The molecule has 3 aliphatic heterocycles. The molecule has 3 aromatic carbocycles. The lowest BCUT2D eigenvalue weighted by Gasteiger charge is -2.32. The van der Waals surface area contributed by atoms with E-state index in [4.69, 9.17) is 4.74 Å². The number of aromatic nitrogens is 3. The number of aliphatic hydroxyl groups excluding tert-OH is 1. The van der Waals surface area contributed by atoms with Crippen molar-refractivity contribution in [3.8, 4) is 0 Å². The van der Waals surface area contributed by atoms with E-state index in [1.807, 2.05) is 108 Å². The fourth-order valence-electron chi connectivity index (χ4n) is 8.40. The second-order valence-electron chi connectivity index (χ2n) is 14.3. The molecule has 0 saturated carbocycles. The van der Waals surface area contributed by atoms with Gasteiger partial charge in [-0.3, -0.25) is 14.3 Å². The number of nitrogens with zero attached hydrogens (tertiary/aromatic N) is 5. The Morgan fingerprint density at radius 1 is 1.00 bits per heavy atom. The summed E-state index contributed by atoms with van der Waals surface area (Å²) < 4.78 is 8.75. The zero-order valence-electron chi connectivity index (χ0n) is 28.4. The number of hydrogen-bond acceptors (Lipinski definition) is 7. The summed E-state index contributed by atoms with van der Waals surface area (Å²) in [5.41, 5.74) is 3.74. The van der Waals surface area contributed by atoms with Crippen molar-refractivity contribution in [1.82, 2.24) is 15.0 Å². The van der Waals surface area contributed by atoms with Crippen LogP contribution in [0.5, 0.6) is 0 Å². The number of ether oxygens (including phenoxy) is 1. The number of benzene rings is 3. The van der Waals surface area contributed by atoms with Crippen molar-refractivity contribution in [2.75, 3.05) is 23.0 Å². The Morgan fingerprint density at radius 2 is 1.73 bits per heavy atom. The first-order valence-electron chi connectivity index (χ1n) is 17.4. The maximum Gasteiger partial charge on any atom is 0.264 e. The number of carbonyl (C=O) groups is 2. The second kappa shape index (κ2) is 13.3. The zero-order valence-corrected chi connectivity index (χ0v) is 29.4. The van der Waals surface area contributed by atoms with E-state index in [1.165, 1.54) is 0 Å². The fourth-order valence-corrected chi connectivity index (χ4v) is 11.0. The first-order valence-corrected chi connectivity index (χ1v) is 20.4. The molecule has 2 amide bonds. The van der Waals surface area contributed by atoms with Gasteiger partial charge in [0.2, 0.25) is 5.91 Å². The van der Waals surface area contributed by atoms with Crippen molar-refractivity contribution in [3.63, 3.8) is 0 Å². The normalized spacial score (nSPS) is 24.6. The summed E-state index contributed by atoms with van der Waals surface area (Å²) in [6.07, 6.45) is 4.54. The van der Waals surface area contributed by atoms with Crippen LogP contribution in [0.15, 0.2) is 85.1 Å². The van der Waals surface area contributed by atoms with Gasteiger partial charge in [0.1, 0.15) is 0 Å². The van der Waals surface area contributed by atoms with Crippen molar-refractivity contribution >= 4 is 31.5 Å². The number of rotatable bonds is 10. The maximum atomic E-state index is 14.7. The highest BCUT2D eigenvalue weighted by molar-refractivity contribution is 6.71. The molecule has 0 aliphatic carbocycles. The lowest BCUT2D eigenvalue weighted by molar-refractivity contribution is -0.146. The van der Waals surface area contributed by atoms with Crippen LogP contribution in [-0.4, -0.2) is 64.3 Å². The highest BCUT2D eigenvalue weighted by atomic mass is 28.4. The van der Waals surface area contributed by atoms with Gasteiger partial charge in [-0.1, -0.05) is 72.8 Å². The Hall–Kier alpha value is -4.16. The molecular formula is C38H45N5O5Si. The van der Waals surface area contributed by atoms with E-state index in [0.717, 1.165) is 47.5 Å². The number of piperidine rings is 1. The standard InChI is InChI=1S/C38H45N5O5Si/c1-26-36(49(2,3)47)34(20-22-41-24-32(39-40-41)30(25-44)28-11-5-4-6-12-28)48-38(26)31-13-7-8-14-33(31)43(37(38)46)23-27-16-18-29(19-17-27)42-21-10-9-15-35(42)45/h4-8,11-14,16-19,24,26,30,34,36,44,47H,9-10,15,20-23,25H2,1-3H3/t26-,30?,34+,36-,38+/m1/s1. The highest BCUT2D eigenvalue weighted by Gasteiger charge is 2.66. The molecule has 0 bridgehead atoms. The molecule has 11 heteroatoms. The minimum absolute atomic E-state index is 0.0822. The molecule has 256 valence electrons. The summed E-state index contributed by atoms with van der Waals surface area (Å²) in [4.78, 5) is 42.5. The summed E-state index contributed by atoms with van der Waals surface area (Å²) in [7, 11) is -2.83. The van der Waals surface area contributed by atoms with Crippen LogP contribution in [-0.2, 0) is 33.0 Å². The Labute approximate surface area is 288 Å². The van der Waals surface area contributed by atoms with E-state index in [2.05, 4.69) is 17.2 Å². The smallest absolute Gasteiger partial charge is 0.264 e. The molecule has 10 nitrogen and oxygen atoms in total. The molecule has 1 unspecified atom stereocenters. The van der Waals surface area contributed by atoms with Gasteiger partial charge in [-0.05, 0) is 61.7 Å². The molecule has 2 saturated heterocycles. The number of para-hydroxylation sites is 1. The number of hydrogen-bond donors (Lipinski definition) is 2. The van der Waals surface area contributed by atoms with Crippen LogP contribution >= 0.6 is 0 Å². The predicted octanol–water partition coefficient (Wildman–Crippen LogP) is 5.35. The van der Waals surface area contributed by atoms with Gasteiger partial charge >= 0.3 is 0 Å². The van der Waals surface area contributed by atoms with Gasteiger partial charge < -0.3 is 24.4 Å². The van der Waals surface area contributed by atoms with Crippen LogP contribution in [0.1, 0.15) is 60.9 Å². The van der Waals surface area contributed by atoms with Gasteiger partial charge in [0.25, 0.3) is 5.91 Å². The summed E-state index contributed by atoms with van der Waals surface area (Å²) >= 11 is 0. The van der Waals surface area contributed by atoms with E-state index >= 15 is 0 Å². The lowest BCUT2D eigenvalue weighted by atomic mass is 9.82. The first kappa shape index (κ1) is 33.3. The number of carbonyl (C=O) groups excluding carboxylic acids is 2. The van der Waals surface area contributed by atoms with Crippen LogP contribution in [0.4, 0.5) is 11.4 Å². The van der Waals surface area contributed by atoms with Gasteiger partial charge in [0, 0.05) is 48.4 Å². The Morgan fingerprint density at radius 3 is 2.45 bits per heavy atom. The zero-order chi connectivity index (χ0) is 34.3. The molecule has 2 fully saturated rings. The van der Waals surface area contributed by atoms with Crippen LogP contribution in [0.3, 0.4) is 0 Å². The third kappa shape index (κ3) is 6.03. The molecule has 0 radical (unpaired) electrons. The van der Waals surface area contributed by atoms with Crippen molar-refractivity contribution in [2.45, 2.75) is 82.0 Å². The van der Waals surface area contributed by atoms with Crippen LogP contribution in [0.25, 0.3) is 0 Å². The van der Waals surface area contributed by atoms with Gasteiger partial charge in [0.05, 0.1) is 36.6 Å². The number of fused-ring (bicyclic) bond motifs is 2. The summed E-state index contributed by atoms with van der Waals surface area (Å²) in [6.45, 7) is 7.42. The van der Waals surface area contributed by atoms with E-state index in [0.29, 0.717) is 31.6 Å². The van der Waals surface area contributed by atoms with E-state index < -0.39 is 13.9 Å². The van der Waals surface area contributed by atoms with Crippen LogP contribution < -0.4 is 9.80 Å². The van der Waals surface area contributed by atoms with Crippen molar-refractivity contribution in [1.29, 1.82) is 0 Å². The quantitative estimate of drug-likeness (QED) is 0.217. The largest absolute Gasteiger partial charge is 0.432 e. The highest BCUT2D eigenvalue weighted by Crippen LogP contribution is 2.59. The van der Waals surface area contributed by atoms with Gasteiger partial charge in [-0.15, -0.1) is 5.10 Å². The Kier molecular flexibility index (Phi) is 9.03. The Bertz CT molecular complexity index is 1810. The molecule has 1 aromatic heterocycles. The van der Waals surface area contributed by atoms with Crippen molar-refractivity contribution in [2.24, 2.45) is 5.92 Å². The molecule has 3 aliphatic rings. The average molecular weight is 680 g/mol. The molecule has 49 heavy (non-hydrogen) atoms. The maximum absolute atomic E-state index is 14.7. The SMILES string of the molecule is C[C@@H]1[C@@H]([Si](C)(C)O)[C@H](CCn2cc(C(CO)c3ccccc3)nn2)O[C@@]12C(=O)N(Cc1ccc(N3CCCCC3=O)cc1)c1ccccc12. The molecule has 5 atom stereocenters. The summed E-state index contributed by atoms with van der Waals surface area (Å²) in [6, 6.07) is 25.6. The second-order valence-corrected chi connectivity index (χ2v) is 18.3. The number of aryl methyl sites for hydroxylation is 1. The topological polar surface area (TPSA) is 121 Å². The van der Waals surface area contributed by atoms with E-state index in [-0.39, 0.29) is 41.9 Å². The molecule has 2 N–H and O–H groups in total. The predicted molar refractivity (Wildman–Crippen MR) is 189 cm³/mol. The third-order valence-electron chi connectivity index (χ3n) is 10.7. The van der Waals surface area contributed by atoms with Crippen LogP contribution in [0, 0.1) is 5.92 Å². The molecular weight excluding hydrogens is 635 g/mol. The van der Waals surface area contributed by atoms with Gasteiger partial charge in [-0.2, -0.15) is 0 Å². The molecule has 1 spiro atoms. The minimum Gasteiger partial charge on any atom is -0.432 e. The molecule has 4 heterocycles. The number of amides is 2. The fraction of sp³-hybridized carbons (Fsp3) is 0.421. The molecule has 7 rings (SSSR count). The van der Waals surface area contributed by atoms with E-state index in [1.54, 1.807) is 4.68 Å². The number of anilines is 2.